The number of rotatable bonds is 4. The lowest BCUT2D eigenvalue weighted by Crippen LogP contribution is -1.94. The molecule has 2 aromatic carbocycles. The summed E-state index contributed by atoms with van der Waals surface area (Å²) in [6.07, 6.45) is 3.97. The van der Waals surface area contributed by atoms with Crippen molar-refractivity contribution in [1.29, 1.82) is 0 Å². The minimum absolute atomic E-state index is 0.857. The monoisotopic (exact) mass is 368 g/mol. The Balaban J connectivity index is 1.83. The third-order valence-corrected chi connectivity index (χ3v) is 4.10. The van der Waals surface area contributed by atoms with Crippen molar-refractivity contribution in [3.63, 3.8) is 0 Å². The molecule has 4 heteroatoms. The van der Waals surface area contributed by atoms with E-state index in [0.717, 1.165) is 32.9 Å². The first-order chi connectivity index (χ1) is 11.2. The Labute approximate surface area is 144 Å². The van der Waals surface area contributed by atoms with Gasteiger partial charge in [-0.25, -0.2) is 0 Å². The fourth-order valence-electron chi connectivity index (χ4n) is 2.37. The molecule has 0 fully saturated rings. The fraction of sp³-hybridized carbons (Fsp3) is 0.105. The van der Waals surface area contributed by atoms with E-state index in [2.05, 4.69) is 44.7 Å². The van der Waals surface area contributed by atoms with Crippen LogP contribution in [0, 0.1) is 6.92 Å². The summed E-state index contributed by atoms with van der Waals surface area (Å²) in [4.78, 5) is 4.51. The topological polar surface area (TPSA) is 26.5 Å². The summed E-state index contributed by atoms with van der Waals surface area (Å²) in [6, 6.07) is 18.1. The maximum absolute atomic E-state index is 5.20. The molecule has 1 aromatic heterocycles. The highest BCUT2D eigenvalue weighted by atomic mass is 79.9. The Morgan fingerprint density at radius 1 is 1.04 bits per heavy atom. The standard InChI is InChI=1S/C19H17BrN2O/c1-14-11-15(12-21-17-5-3-16(20)4-6-17)13-22(14)18-7-9-19(23-2)10-8-18/h3-13H,1-2H3. The van der Waals surface area contributed by atoms with E-state index in [1.807, 2.05) is 54.7 Å². The number of ether oxygens (including phenoxy) is 1. The molecule has 0 saturated heterocycles. The number of methoxy groups -OCH3 is 1. The maximum Gasteiger partial charge on any atom is 0.119 e. The van der Waals surface area contributed by atoms with Gasteiger partial charge in [0.15, 0.2) is 0 Å². The number of aromatic nitrogens is 1. The van der Waals surface area contributed by atoms with Gasteiger partial charge in [-0.3, -0.25) is 4.99 Å². The van der Waals surface area contributed by atoms with E-state index in [1.54, 1.807) is 7.11 Å². The smallest absolute Gasteiger partial charge is 0.119 e. The molecule has 0 aliphatic rings. The molecular formula is C19H17BrN2O. The molecule has 3 aromatic rings. The summed E-state index contributed by atoms with van der Waals surface area (Å²) >= 11 is 3.43. The average Bonchev–Trinajstić information content (AvgIpc) is 2.95. The number of halogens is 1. The van der Waals surface area contributed by atoms with Crippen molar-refractivity contribution < 1.29 is 4.74 Å². The van der Waals surface area contributed by atoms with Gasteiger partial charge in [-0.1, -0.05) is 15.9 Å². The SMILES string of the molecule is COc1ccc(-n2cc(C=Nc3ccc(Br)cc3)cc2C)cc1. The summed E-state index contributed by atoms with van der Waals surface area (Å²) in [5.41, 5.74) is 4.27. The summed E-state index contributed by atoms with van der Waals surface area (Å²) in [5, 5.41) is 0. The molecule has 0 atom stereocenters. The molecule has 3 nitrogen and oxygen atoms in total. The van der Waals surface area contributed by atoms with E-state index in [4.69, 9.17) is 4.74 Å². The summed E-state index contributed by atoms with van der Waals surface area (Å²) in [5.74, 6) is 0.857. The zero-order valence-electron chi connectivity index (χ0n) is 13.0. The van der Waals surface area contributed by atoms with Crippen LogP contribution in [0.4, 0.5) is 5.69 Å². The first-order valence-electron chi connectivity index (χ1n) is 7.29. The van der Waals surface area contributed by atoms with Crippen LogP contribution in [-0.4, -0.2) is 17.9 Å². The fourth-order valence-corrected chi connectivity index (χ4v) is 2.63. The van der Waals surface area contributed by atoms with Crippen molar-refractivity contribution in [2.75, 3.05) is 7.11 Å². The lowest BCUT2D eigenvalue weighted by molar-refractivity contribution is 0.414. The van der Waals surface area contributed by atoms with Gasteiger partial charge in [0.1, 0.15) is 5.75 Å². The van der Waals surface area contributed by atoms with Crippen LogP contribution in [0.3, 0.4) is 0 Å². The normalized spacial score (nSPS) is 11.1. The van der Waals surface area contributed by atoms with Crippen molar-refractivity contribution in [3.05, 3.63) is 76.5 Å². The van der Waals surface area contributed by atoms with Gasteiger partial charge in [0.2, 0.25) is 0 Å². The highest BCUT2D eigenvalue weighted by molar-refractivity contribution is 9.10. The van der Waals surface area contributed by atoms with Crippen LogP contribution in [0.2, 0.25) is 0 Å². The molecule has 3 rings (SSSR count). The van der Waals surface area contributed by atoms with Crippen molar-refractivity contribution in [3.8, 4) is 11.4 Å². The molecule has 0 aliphatic carbocycles. The van der Waals surface area contributed by atoms with Gasteiger partial charge in [-0.05, 0) is 61.5 Å². The summed E-state index contributed by atoms with van der Waals surface area (Å²) < 4.78 is 8.40. The van der Waals surface area contributed by atoms with Crippen LogP contribution in [0.5, 0.6) is 5.75 Å². The molecule has 0 N–H and O–H groups in total. The Morgan fingerprint density at radius 3 is 2.39 bits per heavy atom. The van der Waals surface area contributed by atoms with Crippen molar-refractivity contribution in [2.24, 2.45) is 4.99 Å². The van der Waals surface area contributed by atoms with Gasteiger partial charge in [-0.15, -0.1) is 0 Å². The van der Waals surface area contributed by atoms with E-state index in [-0.39, 0.29) is 0 Å². The molecule has 0 spiro atoms. The first kappa shape index (κ1) is 15.6. The molecule has 0 bridgehead atoms. The van der Waals surface area contributed by atoms with E-state index < -0.39 is 0 Å². The van der Waals surface area contributed by atoms with Crippen LogP contribution in [0.1, 0.15) is 11.3 Å². The van der Waals surface area contributed by atoms with Gasteiger partial charge in [0, 0.05) is 33.8 Å². The van der Waals surface area contributed by atoms with Crippen LogP contribution in [-0.2, 0) is 0 Å². The molecule has 0 saturated carbocycles. The molecule has 0 radical (unpaired) electrons. The lowest BCUT2D eigenvalue weighted by atomic mass is 10.3. The van der Waals surface area contributed by atoms with Gasteiger partial charge >= 0.3 is 0 Å². The molecule has 0 aliphatic heterocycles. The zero-order valence-corrected chi connectivity index (χ0v) is 14.6. The highest BCUT2D eigenvalue weighted by Crippen LogP contribution is 2.20. The zero-order chi connectivity index (χ0) is 16.2. The third kappa shape index (κ3) is 3.71. The van der Waals surface area contributed by atoms with Crippen molar-refractivity contribution >= 4 is 27.8 Å². The van der Waals surface area contributed by atoms with Crippen LogP contribution >= 0.6 is 15.9 Å². The number of hydrogen-bond donors (Lipinski definition) is 0. The molecular weight excluding hydrogens is 352 g/mol. The van der Waals surface area contributed by atoms with E-state index in [1.165, 1.54) is 0 Å². The second-order valence-electron chi connectivity index (χ2n) is 5.22. The largest absolute Gasteiger partial charge is 0.497 e. The van der Waals surface area contributed by atoms with E-state index >= 15 is 0 Å². The molecule has 23 heavy (non-hydrogen) atoms. The third-order valence-electron chi connectivity index (χ3n) is 3.57. The second kappa shape index (κ2) is 6.84. The number of aryl methyl sites for hydroxylation is 1. The number of aliphatic imine (C=N–C) groups is 1. The van der Waals surface area contributed by atoms with Gasteiger partial charge < -0.3 is 9.30 Å². The van der Waals surface area contributed by atoms with Crippen LogP contribution in [0.15, 0.2) is 70.3 Å². The molecule has 1 heterocycles. The predicted molar refractivity (Wildman–Crippen MR) is 98.5 cm³/mol. The minimum Gasteiger partial charge on any atom is -0.497 e. The van der Waals surface area contributed by atoms with Crippen molar-refractivity contribution in [2.45, 2.75) is 6.92 Å². The summed E-state index contributed by atoms with van der Waals surface area (Å²) in [6.45, 7) is 2.08. The van der Waals surface area contributed by atoms with Gasteiger partial charge in [-0.2, -0.15) is 0 Å². The van der Waals surface area contributed by atoms with Crippen molar-refractivity contribution in [1.82, 2.24) is 4.57 Å². The Morgan fingerprint density at radius 2 is 1.74 bits per heavy atom. The molecule has 0 amide bonds. The quantitative estimate of drug-likeness (QED) is 0.573. The Hall–Kier alpha value is -2.33. The first-order valence-corrected chi connectivity index (χ1v) is 8.08. The number of nitrogens with zero attached hydrogens (tertiary/aromatic N) is 2. The highest BCUT2D eigenvalue weighted by Gasteiger charge is 2.03. The van der Waals surface area contributed by atoms with Gasteiger partial charge in [0.25, 0.3) is 0 Å². The number of benzene rings is 2. The predicted octanol–water partition coefficient (Wildman–Crippen LogP) is 5.31. The Kier molecular flexibility index (Phi) is 4.63. The summed E-state index contributed by atoms with van der Waals surface area (Å²) in [7, 11) is 1.67. The van der Waals surface area contributed by atoms with E-state index in [9.17, 15) is 0 Å². The minimum atomic E-state index is 0.857. The van der Waals surface area contributed by atoms with Crippen LogP contribution < -0.4 is 4.74 Å². The average molecular weight is 369 g/mol. The molecule has 116 valence electrons. The lowest BCUT2D eigenvalue weighted by Gasteiger charge is -2.06. The van der Waals surface area contributed by atoms with Gasteiger partial charge in [0.05, 0.1) is 12.8 Å². The van der Waals surface area contributed by atoms with Crippen LogP contribution in [0.25, 0.3) is 5.69 Å². The maximum atomic E-state index is 5.20. The Bertz CT molecular complexity index is 818. The number of hydrogen-bond acceptors (Lipinski definition) is 2. The van der Waals surface area contributed by atoms with E-state index in [0.29, 0.717) is 0 Å². The molecule has 0 unspecified atom stereocenters. The second-order valence-corrected chi connectivity index (χ2v) is 6.13.